The van der Waals surface area contributed by atoms with Crippen LogP contribution in [0.4, 0.5) is 0 Å². The number of hydrogen-bond acceptors (Lipinski definition) is 4. The van der Waals surface area contributed by atoms with Gasteiger partial charge in [-0.25, -0.2) is 13.1 Å². The van der Waals surface area contributed by atoms with Crippen molar-refractivity contribution in [3.8, 4) is 0 Å². The molecule has 0 atom stereocenters. The van der Waals surface area contributed by atoms with Crippen molar-refractivity contribution in [3.05, 3.63) is 18.0 Å². The van der Waals surface area contributed by atoms with E-state index in [0.29, 0.717) is 18.0 Å². The summed E-state index contributed by atoms with van der Waals surface area (Å²) in [5.74, 6) is 0. The molecular weight excluding hydrogens is 278 g/mol. The summed E-state index contributed by atoms with van der Waals surface area (Å²) in [5, 5.41) is 3.01. The van der Waals surface area contributed by atoms with E-state index in [4.69, 9.17) is 4.74 Å². The number of hydrogen-bond donors (Lipinski definition) is 2. The topological polar surface area (TPSA) is 72.4 Å². The standard InChI is InChI=1S/C13H25N3O3S/c1-14-10-12-9-13(11-16(12)2)20(17,18)15-7-5-4-6-8-19-3/h9,11,14-15H,4-8,10H2,1-3H3. The fraction of sp³-hybridized carbons (Fsp3) is 0.692. The molecule has 0 aliphatic heterocycles. The number of ether oxygens (including phenoxy) is 1. The lowest BCUT2D eigenvalue weighted by Crippen LogP contribution is -2.24. The summed E-state index contributed by atoms with van der Waals surface area (Å²) in [4.78, 5) is 0.321. The molecule has 0 saturated heterocycles. The number of aromatic nitrogens is 1. The second-order valence-corrected chi connectivity index (χ2v) is 6.53. The molecule has 1 rings (SSSR count). The Balaban J connectivity index is 2.49. The van der Waals surface area contributed by atoms with Crippen molar-refractivity contribution in [3.63, 3.8) is 0 Å². The number of rotatable bonds is 10. The zero-order valence-corrected chi connectivity index (χ0v) is 13.3. The highest BCUT2D eigenvalue weighted by atomic mass is 32.2. The summed E-state index contributed by atoms with van der Waals surface area (Å²) in [6.07, 6.45) is 4.37. The molecular formula is C13H25N3O3S. The van der Waals surface area contributed by atoms with Gasteiger partial charge in [0, 0.05) is 45.7 Å². The number of methoxy groups -OCH3 is 1. The van der Waals surface area contributed by atoms with Crippen LogP contribution in [0.15, 0.2) is 17.2 Å². The minimum absolute atomic E-state index is 0.321. The maximum Gasteiger partial charge on any atom is 0.242 e. The monoisotopic (exact) mass is 303 g/mol. The van der Waals surface area contributed by atoms with Crippen molar-refractivity contribution in [2.45, 2.75) is 30.7 Å². The van der Waals surface area contributed by atoms with Crippen LogP contribution in [0.3, 0.4) is 0 Å². The predicted molar refractivity (Wildman–Crippen MR) is 79.1 cm³/mol. The van der Waals surface area contributed by atoms with Crippen LogP contribution in [0, 0.1) is 0 Å². The Hall–Kier alpha value is -0.890. The van der Waals surface area contributed by atoms with Crippen molar-refractivity contribution in [2.24, 2.45) is 7.05 Å². The average Bonchev–Trinajstić information content (AvgIpc) is 2.77. The molecule has 1 heterocycles. The van der Waals surface area contributed by atoms with Crippen molar-refractivity contribution < 1.29 is 13.2 Å². The van der Waals surface area contributed by atoms with Gasteiger partial charge < -0.3 is 14.6 Å². The molecule has 0 amide bonds. The number of nitrogens with one attached hydrogen (secondary N) is 2. The molecule has 0 fully saturated rings. The summed E-state index contributed by atoms with van der Waals surface area (Å²) in [7, 11) is 1.94. The molecule has 0 bridgehead atoms. The highest BCUT2D eigenvalue weighted by molar-refractivity contribution is 7.89. The Labute approximate surface area is 121 Å². The van der Waals surface area contributed by atoms with E-state index in [-0.39, 0.29) is 0 Å². The fourth-order valence-corrected chi connectivity index (χ4v) is 3.09. The van der Waals surface area contributed by atoms with E-state index in [1.54, 1.807) is 19.4 Å². The Morgan fingerprint density at radius 3 is 2.70 bits per heavy atom. The summed E-state index contributed by atoms with van der Waals surface area (Å²) in [6, 6.07) is 1.70. The number of sulfonamides is 1. The van der Waals surface area contributed by atoms with E-state index in [9.17, 15) is 8.42 Å². The quantitative estimate of drug-likeness (QED) is 0.628. The van der Waals surface area contributed by atoms with Gasteiger partial charge in [0.2, 0.25) is 10.0 Å². The maximum absolute atomic E-state index is 12.1. The Morgan fingerprint density at radius 1 is 1.30 bits per heavy atom. The Kier molecular flexibility index (Phi) is 7.22. The van der Waals surface area contributed by atoms with E-state index < -0.39 is 10.0 Å². The molecule has 20 heavy (non-hydrogen) atoms. The third-order valence-corrected chi connectivity index (χ3v) is 4.50. The molecule has 1 aromatic heterocycles. The molecule has 7 heteroatoms. The van der Waals surface area contributed by atoms with Crippen molar-refractivity contribution in [2.75, 3.05) is 27.3 Å². The van der Waals surface area contributed by atoms with E-state index in [1.807, 2.05) is 18.7 Å². The molecule has 2 N–H and O–H groups in total. The lowest BCUT2D eigenvalue weighted by atomic mass is 10.2. The summed E-state index contributed by atoms with van der Waals surface area (Å²) >= 11 is 0. The van der Waals surface area contributed by atoms with E-state index >= 15 is 0 Å². The molecule has 0 aliphatic rings. The second kappa shape index (κ2) is 8.41. The van der Waals surface area contributed by atoms with Crippen LogP contribution in [0.5, 0.6) is 0 Å². The zero-order valence-electron chi connectivity index (χ0n) is 12.5. The summed E-state index contributed by atoms with van der Waals surface area (Å²) in [6.45, 7) is 1.82. The third-order valence-electron chi connectivity index (χ3n) is 3.07. The molecule has 6 nitrogen and oxygen atoms in total. The van der Waals surface area contributed by atoms with E-state index in [1.165, 1.54) is 0 Å². The van der Waals surface area contributed by atoms with Crippen molar-refractivity contribution >= 4 is 10.0 Å². The highest BCUT2D eigenvalue weighted by Crippen LogP contribution is 2.13. The first-order chi connectivity index (χ1) is 9.51. The SMILES string of the molecule is CNCc1cc(S(=O)(=O)NCCCCCOC)cn1C. The van der Waals surface area contributed by atoms with Gasteiger partial charge in [0.05, 0.1) is 4.90 Å². The Morgan fingerprint density at radius 2 is 2.05 bits per heavy atom. The molecule has 1 aromatic rings. The predicted octanol–water partition coefficient (Wildman–Crippen LogP) is 0.840. The number of nitrogens with zero attached hydrogens (tertiary/aromatic N) is 1. The molecule has 0 unspecified atom stereocenters. The van der Waals surface area contributed by atoms with Crippen LogP contribution < -0.4 is 10.0 Å². The average molecular weight is 303 g/mol. The number of unbranched alkanes of at least 4 members (excludes halogenated alkanes) is 2. The lowest BCUT2D eigenvalue weighted by Gasteiger charge is -2.04. The zero-order chi connectivity index (χ0) is 15.0. The molecule has 0 aliphatic carbocycles. The van der Waals surface area contributed by atoms with Gasteiger partial charge in [-0.05, 0) is 32.4 Å². The minimum atomic E-state index is -3.40. The van der Waals surface area contributed by atoms with Gasteiger partial charge in [0.25, 0.3) is 0 Å². The summed E-state index contributed by atoms with van der Waals surface area (Å²) < 4.78 is 33.6. The lowest BCUT2D eigenvalue weighted by molar-refractivity contribution is 0.192. The second-order valence-electron chi connectivity index (χ2n) is 4.76. The largest absolute Gasteiger partial charge is 0.385 e. The van der Waals surface area contributed by atoms with Crippen molar-refractivity contribution in [1.29, 1.82) is 0 Å². The minimum Gasteiger partial charge on any atom is -0.385 e. The van der Waals surface area contributed by atoms with Crippen LogP contribution in [-0.2, 0) is 28.4 Å². The van der Waals surface area contributed by atoms with Crippen LogP contribution in [-0.4, -0.2) is 40.3 Å². The van der Waals surface area contributed by atoms with Gasteiger partial charge in [-0.15, -0.1) is 0 Å². The van der Waals surface area contributed by atoms with Gasteiger partial charge in [-0.2, -0.15) is 0 Å². The first kappa shape index (κ1) is 17.2. The highest BCUT2D eigenvalue weighted by Gasteiger charge is 2.16. The van der Waals surface area contributed by atoms with E-state index in [0.717, 1.165) is 31.6 Å². The molecule has 0 saturated carbocycles. The third kappa shape index (κ3) is 5.24. The molecule has 116 valence electrons. The first-order valence-corrected chi connectivity index (χ1v) is 8.28. The fourth-order valence-electron chi connectivity index (χ4n) is 1.92. The molecule has 0 aromatic carbocycles. The Bertz CT molecular complexity index is 497. The normalized spacial score (nSPS) is 11.9. The summed E-state index contributed by atoms with van der Waals surface area (Å²) in [5.41, 5.74) is 0.938. The van der Waals surface area contributed by atoms with Gasteiger partial charge in [-0.1, -0.05) is 0 Å². The van der Waals surface area contributed by atoms with Crippen LogP contribution in [0.2, 0.25) is 0 Å². The van der Waals surface area contributed by atoms with Gasteiger partial charge >= 0.3 is 0 Å². The maximum atomic E-state index is 12.1. The molecule has 0 radical (unpaired) electrons. The number of aryl methyl sites for hydroxylation is 1. The van der Waals surface area contributed by atoms with E-state index in [2.05, 4.69) is 10.0 Å². The van der Waals surface area contributed by atoms with Crippen molar-refractivity contribution in [1.82, 2.24) is 14.6 Å². The first-order valence-electron chi connectivity index (χ1n) is 6.79. The van der Waals surface area contributed by atoms with Gasteiger partial charge in [0.1, 0.15) is 0 Å². The van der Waals surface area contributed by atoms with Crippen LogP contribution >= 0.6 is 0 Å². The van der Waals surface area contributed by atoms with Crippen LogP contribution in [0.1, 0.15) is 25.0 Å². The molecule has 0 spiro atoms. The smallest absolute Gasteiger partial charge is 0.242 e. The van der Waals surface area contributed by atoms with Crippen LogP contribution in [0.25, 0.3) is 0 Å². The van der Waals surface area contributed by atoms with Gasteiger partial charge in [-0.3, -0.25) is 0 Å². The van der Waals surface area contributed by atoms with Gasteiger partial charge in [0.15, 0.2) is 0 Å².